The molecule has 0 aromatic heterocycles. The molecule has 0 aromatic carbocycles. The zero-order valence-corrected chi connectivity index (χ0v) is 5.09. The van der Waals surface area contributed by atoms with Gasteiger partial charge in [-0.3, -0.25) is 10.3 Å². The van der Waals surface area contributed by atoms with Crippen LogP contribution in [0.25, 0.3) is 0 Å². The van der Waals surface area contributed by atoms with Crippen molar-refractivity contribution in [2.24, 2.45) is 4.99 Å². The molecule has 9 heavy (non-hydrogen) atoms. The SMILES string of the molecule is C1=NC=C2NCNC2C1. The molecule has 2 N–H and O–H groups in total. The normalized spacial score (nSPS) is 31.1. The zero-order valence-electron chi connectivity index (χ0n) is 5.09. The molecule has 2 aliphatic rings. The summed E-state index contributed by atoms with van der Waals surface area (Å²) < 4.78 is 0. The highest BCUT2D eigenvalue weighted by molar-refractivity contribution is 5.62. The van der Waals surface area contributed by atoms with E-state index in [-0.39, 0.29) is 0 Å². The maximum atomic E-state index is 4.03. The van der Waals surface area contributed by atoms with E-state index in [0.29, 0.717) is 6.04 Å². The van der Waals surface area contributed by atoms with Crippen molar-refractivity contribution >= 4 is 6.21 Å². The fourth-order valence-corrected chi connectivity index (χ4v) is 1.15. The first kappa shape index (κ1) is 4.99. The smallest absolute Gasteiger partial charge is 0.0656 e. The predicted molar refractivity (Wildman–Crippen MR) is 36.1 cm³/mol. The van der Waals surface area contributed by atoms with Crippen molar-refractivity contribution in [3.05, 3.63) is 11.9 Å². The summed E-state index contributed by atoms with van der Waals surface area (Å²) in [5.74, 6) is 0. The molecule has 1 unspecified atom stereocenters. The molecule has 2 aliphatic heterocycles. The van der Waals surface area contributed by atoms with Gasteiger partial charge in [-0.1, -0.05) is 0 Å². The van der Waals surface area contributed by atoms with Crippen molar-refractivity contribution in [3.63, 3.8) is 0 Å². The van der Waals surface area contributed by atoms with E-state index in [1.807, 2.05) is 12.4 Å². The van der Waals surface area contributed by atoms with Crippen LogP contribution in [0.4, 0.5) is 0 Å². The highest BCUT2D eigenvalue weighted by Crippen LogP contribution is 2.10. The average molecular weight is 123 g/mol. The maximum Gasteiger partial charge on any atom is 0.0656 e. The van der Waals surface area contributed by atoms with E-state index in [1.165, 1.54) is 5.70 Å². The molecule has 0 aromatic rings. The van der Waals surface area contributed by atoms with Crippen molar-refractivity contribution in [1.29, 1.82) is 0 Å². The molecule has 0 amide bonds. The van der Waals surface area contributed by atoms with Gasteiger partial charge in [-0.05, 0) is 0 Å². The Morgan fingerprint density at radius 3 is 3.56 bits per heavy atom. The first-order valence-corrected chi connectivity index (χ1v) is 3.16. The Bertz CT molecular complexity index is 171. The monoisotopic (exact) mass is 123 g/mol. The molecule has 1 saturated heterocycles. The van der Waals surface area contributed by atoms with E-state index in [1.54, 1.807) is 0 Å². The van der Waals surface area contributed by atoms with Crippen LogP contribution in [0.3, 0.4) is 0 Å². The van der Waals surface area contributed by atoms with Crippen LogP contribution in [0.1, 0.15) is 6.42 Å². The van der Waals surface area contributed by atoms with Gasteiger partial charge in [-0.2, -0.15) is 0 Å². The van der Waals surface area contributed by atoms with E-state index >= 15 is 0 Å². The van der Waals surface area contributed by atoms with Crippen LogP contribution < -0.4 is 10.6 Å². The van der Waals surface area contributed by atoms with Gasteiger partial charge in [0.25, 0.3) is 0 Å². The Labute approximate surface area is 53.9 Å². The molecule has 48 valence electrons. The van der Waals surface area contributed by atoms with Crippen LogP contribution in [-0.4, -0.2) is 18.9 Å². The third kappa shape index (κ3) is 0.733. The van der Waals surface area contributed by atoms with Crippen LogP contribution >= 0.6 is 0 Å². The second-order valence-electron chi connectivity index (χ2n) is 2.26. The number of fused-ring (bicyclic) bond motifs is 1. The summed E-state index contributed by atoms with van der Waals surface area (Å²) in [4.78, 5) is 4.03. The van der Waals surface area contributed by atoms with Crippen molar-refractivity contribution < 1.29 is 0 Å². The van der Waals surface area contributed by atoms with Crippen molar-refractivity contribution in [2.75, 3.05) is 6.67 Å². The molecule has 0 radical (unpaired) electrons. The lowest BCUT2D eigenvalue weighted by Gasteiger charge is -2.09. The highest BCUT2D eigenvalue weighted by Gasteiger charge is 2.19. The maximum absolute atomic E-state index is 4.03. The number of hydrogen-bond donors (Lipinski definition) is 2. The summed E-state index contributed by atoms with van der Waals surface area (Å²) in [5, 5.41) is 6.48. The van der Waals surface area contributed by atoms with Crippen LogP contribution in [-0.2, 0) is 0 Å². The first-order chi connectivity index (χ1) is 4.47. The van der Waals surface area contributed by atoms with Crippen LogP contribution in [0, 0.1) is 0 Å². The second kappa shape index (κ2) is 1.84. The van der Waals surface area contributed by atoms with Gasteiger partial charge in [0.05, 0.1) is 12.7 Å². The molecule has 2 rings (SSSR count). The van der Waals surface area contributed by atoms with Gasteiger partial charge in [0.2, 0.25) is 0 Å². The molecule has 3 nitrogen and oxygen atoms in total. The predicted octanol–water partition coefficient (Wildman–Crippen LogP) is -0.179. The number of nitrogens with zero attached hydrogens (tertiary/aromatic N) is 1. The lowest BCUT2D eigenvalue weighted by molar-refractivity contribution is 0.683. The fraction of sp³-hybridized carbons (Fsp3) is 0.500. The number of hydrogen-bond acceptors (Lipinski definition) is 3. The minimum atomic E-state index is 0.516. The topological polar surface area (TPSA) is 36.4 Å². The summed E-state index contributed by atoms with van der Waals surface area (Å²) in [7, 11) is 0. The third-order valence-corrected chi connectivity index (χ3v) is 1.68. The van der Waals surface area contributed by atoms with E-state index in [9.17, 15) is 0 Å². The summed E-state index contributed by atoms with van der Waals surface area (Å²) in [6.07, 6.45) is 4.85. The molecule has 1 atom stereocenters. The Hall–Kier alpha value is -0.830. The largest absolute Gasteiger partial charge is 0.373 e. The number of rotatable bonds is 0. The number of nitrogens with one attached hydrogen (secondary N) is 2. The lowest BCUT2D eigenvalue weighted by Crippen LogP contribution is -2.23. The Kier molecular flexibility index (Phi) is 1.02. The van der Waals surface area contributed by atoms with Gasteiger partial charge in [0, 0.05) is 24.5 Å². The van der Waals surface area contributed by atoms with E-state index < -0.39 is 0 Å². The Morgan fingerprint density at radius 2 is 2.67 bits per heavy atom. The minimum absolute atomic E-state index is 0.516. The molecule has 2 heterocycles. The molecule has 0 saturated carbocycles. The standard InChI is InChI=1S/C6H9N3/c1-2-7-3-6-5(1)8-4-9-6/h2-3,5,8-9H,1,4H2. The quantitative estimate of drug-likeness (QED) is 0.469. The average Bonchev–Trinajstić information content (AvgIpc) is 2.33. The van der Waals surface area contributed by atoms with Gasteiger partial charge in [-0.25, -0.2) is 0 Å². The third-order valence-electron chi connectivity index (χ3n) is 1.68. The number of aliphatic imine (C=N–C) groups is 1. The second-order valence-corrected chi connectivity index (χ2v) is 2.26. The molecule has 0 spiro atoms. The molecule has 3 heteroatoms. The molecule has 1 fully saturated rings. The molecular formula is C6H9N3. The summed E-state index contributed by atoms with van der Waals surface area (Å²) in [6.45, 7) is 0.889. The summed E-state index contributed by atoms with van der Waals surface area (Å²) >= 11 is 0. The summed E-state index contributed by atoms with van der Waals surface area (Å²) in [6, 6.07) is 0.516. The van der Waals surface area contributed by atoms with Crippen molar-refractivity contribution in [2.45, 2.75) is 12.5 Å². The lowest BCUT2D eigenvalue weighted by atomic mass is 10.1. The van der Waals surface area contributed by atoms with Gasteiger partial charge < -0.3 is 5.32 Å². The molecular weight excluding hydrogens is 114 g/mol. The van der Waals surface area contributed by atoms with Gasteiger partial charge >= 0.3 is 0 Å². The van der Waals surface area contributed by atoms with Crippen molar-refractivity contribution in [3.8, 4) is 0 Å². The molecule has 0 bridgehead atoms. The fourth-order valence-electron chi connectivity index (χ4n) is 1.15. The van der Waals surface area contributed by atoms with E-state index in [0.717, 1.165) is 13.1 Å². The Balaban J connectivity index is 2.23. The zero-order chi connectivity index (χ0) is 6.10. The highest BCUT2D eigenvalue weighted by atomic mass is 15.2. The van der Waals surface area contributed by atoms with Crippen LogP contribution in [0.5, 0.6) is 0 Å². The van der Waals surface area contributed by atoms with Gasteiger partial charge in [-0.15, -0.1) is 0 Å². The van der Waals surface area contributed by atoms with Crippen LogP contribution in [0.15, 0.2) is 16.9 Å². The first-order valence-electron chi connectivity index (χ1n) is 3.16. The van der Waals surface area contributed by atoms with Gasteiger partial charge in [0.1, 0.15) is 0 Å². The van der Waals surface area contributed by atoms with Gasteiger partial charge in [0.15, 0.2) is 0 Å². The van der Waals surface area contributed by atoms with E-state index in [2.05, 4.69) is 15.6 Å². The minimum Gasteiger partial charge on any atom is -0.373 e. The van der Waals surface area contributed by atoms with Crippen LogP contribution in [0.2, 0.25) is 0 Å². The van der Waals surface area contributed by atoms with Crippen molar-refractivity contribution in [1.82, 2.24) is 10.6 Å². The molecule has 0 aliphatic carbocycles. The van der Waals surface area contributed by atoms with E-state index in [4.69, 9.17) is 0 Å². The Morgan fingerprint density at radius 1 is 1.67 bits per heavy atom. The summed E-state index contributed by atoms with van der Waals surface area (Å²) in [5.41, 5.74) is 1.23.